The number of amides is 3. The van der Waals surface area contributed by atoms with Crippen LogP contribution in [0.15, 0.2) is 6.07 Å². The molecule has 3 aliphatic rings. The van der Waals surface area contributed by atoms with Crippen molar-refractivity contribution in [1.29, 1.82) is 0 Å². The monoisotopic (exact) mass is 403 g/mol. The lowest BCUT2D eigenvalue weighted by Crippen LogP contribution is -2.57. The quantitative estimate of drug-likeness (QED) is 0.769. The van der Waals surface area contributed by atoms with Gasteiger partial charge in [-0.2, -0.15) is 5.10 Å². The van der Waals surface area contributed by atoms with Crippen molar-refractivity contribution in [3.63, 3.8) is 0 Å². The van der Waals surface area contributed by atoms with Crippen molar-refractivity contribution >= 4 is 11.9 Å². The second kappa shape index (κ2) is 7.97. The van der Waals surface area contributed by atoms with Crippen LogP contribution in [0.3, 0.4) is 0 Å². The summed E-state index contributed by atoms with van der Waals surface area (Å²) >= 11 is 0. The predicted molar refractivity (Wildman–Crippen MR) is 109 cm³/mol. The highest BCUT2D eigenvalue weighted by atomic mass is 16.5. The molecule has 1 aromatic rings. The van der Waals surface area contributed by atoms with Gasteiger partial charge in [-0.1, -0.05) is 0 Å². The first-order valence-corrected chi connectivity index (χ1v) is 10.8. The van der Waals surface area contributed by atoms with E-state index < -0.39 is 0 Å². The van der Waals surface area contributed by atoms with Crippen LogP contribution in [0.1, 0.15) is 43.5 Å². The lowest BCUT2D eigenvalue weighted by atomic mass is 9.86. The van der Waals surface area contributed by atoms with Gasteiger partial charge in [0.25, 0.3) is 0 Å². The Hall–Kier alpha value is -2.09. The summed E-state index contributed by atoms with van der Waals surface area (Å²) in [7, 11) is 1.90. The zero-order chi connectivity index (χ0) is 20.6. The van der Waals surface area contributed by atoms with Crippen LogP contribution in [0.5, 0.6) is 0 Å². The summed E-state index contributed by atoms with van der Waals surface area (Å²) in [4.78, 5) is 31.6. The maximum absolute atomic E-state index is 12.9. The lowest BCUT2D eigenvalue weighted by molar-refractivity contribution is -0.133. The van der Waals surface area contributed by atoms with Crippen LogP contribution >= 0.6 is 0 Å². The van der Waals surface area contributed by atoms with Crippen molar-refractivity contribution in [3.05, 3.63) is 17.5 Å². The van der Waals surface area contributed by atoms with E-state index in [1.165, 1.54) is 0 Å². The number of likely N-dealkylation sites (tertiary alicyclic amines) is 1. The maximum Gasteiger partial charge on any atom is 0.320 e. The Balaban J connectivity index is 1.34. The van der Waals surface area contributed by atoms with Gasteiger partial charge in [-0.15, -0.1) is 0 Å². The molecular formula is C21H33N5O3. The standard InChI is InChI=1S/C21H33N5O3/c1-16-14-17(2)25(22-16)11-6-19(27)24-9-4-18(5-10-24)26-20(28)23(3)15-21(26)7-12-29-13-8-21/h14,18H,4-13,15H2,1-3H3. The van der Waals surface area contributed by atoms with Crippen LogP contribution < -0.4 is 0 Å². The predicted octanol–water partition coefficient (Wildman–Crippen LogP) is 1.80. The second-order valence-electron chi connectivity index (χ2n) is 8.86. The highest BCUT2D eigenvalue weighted by Gasteiger charge is 2.52. The average Bonchev–Trinajstić information content (AvgIpc) is 3.15. The first-order chi connectivity index (χ1) is 13.9. The molecule has 3 fully saturated rings. The Morgan fingerprint density at radius 1 is 1.24 bits per heavy atom. The van der Waals surface area contributed by atoms with Crippen LogP contribution in [-0.2, 0) is 16.1 Å². The lowest BCUT2D eigenvalue weighted by Gasteiger charge is -2.46. The minimum absolute atomic E-state index is 0.0869. The molecule has 0 bridgehead atoms. The van der Waals surface area contributed by atoms with E-state index in [0.29, 0.717) is 13.0 Å². The molecule has 0 atom stereocenters. The molecule has 0 unspecified atom stereocenters. The molecule has 3 saturated heterocycles. The number of aromatic nitrogens is 2. The summed E-state index contributed by atoms with van der Waals surface area (Å²) in [6, 6.07) is 2.39. The molecule has 3 amide bonds. The zero-order valence-electron chi connectivity index (χ0n) is 17.9. The van der Waals surface area contributed by atoms with Crippen LogP contribution in [0, 0.1) is 13.8 Å². The number of hydrogen-bond acceptors (Lipinski definition) is 4. The van der Waals surface area contributed by atoms with Crippen LogP contribution in [0.4, 0.5) is 4.79 Å². The molecule has 0 radical (unpaired) electrons. The van der Waals surface area contributed by atoms with E-state index in [2.05, 4.69) is 10.00 Å². The fourth-order valence-electron chi connectivity index (χ4n) is 5.30. The Morgan fingerprint density at radius 3 is 2.55 bits per heavy atom. The molecule has 1 spiro atoms. The number of nitrogens with zero attached hydrogens (tertiary/aromatic N) is 5. The van der Waals surface area contributed by atoms with E-state index >= 15 is 0 Å². The van der Waals surface area contributed by atoms with Gasteiger partial charge in [0.2, 0.25) is 5.91 Å². The van der Waals surface area contributed by atoms with Gasteiger partial charge in [-0.3, -0.25) is 9.48 Å². The molecular weight excluding hydrogens is 370 g/mol. The van der Waals surface area contributed by atoms with E-state index in [1.807, 2.05) is 41.4 Å². The number of carbonyl (C=O) groups excluding carboxylic acids is 2. The second-order valence-corrected chi connectivity index (χ2v) is 8.86. The Labute approximate surface area is 172 Å². The van der Waals surface area contributed by atoms with Crippen LogP contribution in [0.25, 0.3) is 0 Å². The van der Waals surface area contributed by atoms with Crippen LogP contribution in [0.2, 0.25) is 0 Å². The molecule has 3 aliphatic heterocycles. The molecule has 160 valence electrons. The highest BCUT2D eigenvalue weighted by Crippen LogP contribution is 2.38. The minimum atomic E-state index is -0.0869. The molecule has 8 heteroatoms. The number of ether oxygens (including phenoxy) is 1. The Bertz CT molecular complexity index is 762. The smallest absolute Gasteiger partial charge is 0.320 e. The SMILES string of the molecule is Cc1cc(C)n(CCC(=O)N2CCC(N3C(=O)N(C)CC34CCOCC4)CC2)n1. The molecule has 0 N–H and O–H groups in total. The van der Waals surface area contributed by atoms with Gasteiger partial charge in [-0.05, 0) is 45.6 Å². The van der Waals surface area contributed by atoms with Gasteiger partial charge in [0.1, 0.15) is 0 Å². The summed E-state index contributed by atoms with van der Waals surface area (Å²) in [5.41, 5.74) is 1.99. The maximum atomic E-state index is 12.9. The minimum Gasteiger partial charge on any atom is -0.381 e. The fraction of sp³-hybridized carbons (Fsp3) is 0.762. The number of carbonyl (C=O) groups is 2. The Kier molecular flexibility index (Phi) is 5.55. The third-order valence-electron chi connectivity index (χ3n) is 6.82. The first kappa shape index (κ1) is 20.2. The largest absolute Gasteiger partial charge is 0.381 e. The van der Waals surface area contributed by atoms with Gasteiger partial charge in [0.05, 0.1) is 11.2 Å². The highest BCUT2D eigenvalue weighted by molar-refractivity contribution is 5.79. The molecule has 1 aromatic heterocycles. The number of aryl methyl sites for hydroxylation is 3. The van der Waals surface area contributed by atoms with Crippen molar-refractivity contribution < 1.29 is 14.3 Å². The van der Waals surface area contributed by atoms with E-state index in [-0.39, 0.29) is 23.5 Å². The number of rotatable bonds is 4. The molecule has 4 heterocycles. The molecule has 0 aromatic carbocycles. The molecule has 8 nitrogen and oxygen atoms in total. The summed E-state index contributed by atoms with van der Waals surface area (Å²) in [6.07, 6.45) is 4.00. The summed E-state index contributed by atoms with van der Waals surface area (Å²) in [5, 5.41) is 4.44. The number of likely N-dealkylation sites (N-methyl/N-ethyl adjacent to an activating group) is 1. The average molecular weight is 404 g/mol. The molecule has 29 heavy (non-hydrogen) atoms. The van der Waals surface area contributed by atoms with Gasteiger partial charge in [-0.25, -0.2) is 4.79 Å². The van der Waals surface area contributed by atoms with Gasteiger partial charge in [0.15, 0.2) is 0 Å². The van der Waals surface area contributed by atoms with Crippen molar-refractivity contribution in [2.24, 2.45) is 0 Å². The van der Waals surface area contributed by atoms with Gasteiger partial charge in [0, 0.05) is 64.6 Å². The van der Waals surface area contributed by atoms with E-state index in [1.54, 1.807) is 0 Å². The van der Waals surface area contributed by atoms with Crippen molar-refractivity contribution in [2.75, 3.05) is 39.9 Å². The normalized spacial score (nSPS) is 22.7. The van der Waals surface area contributed by atoms with E-state index in [9.17, 15) is 9.59 Å². The number of urea groups is 1. The first-order valence-electron chi connectivity index (χ1n) is 10.8. The molecule has 0 aliphatic carbocycles. The van der Waals surface area contributed by atoms with Crippen LogP contribution in [-0.4, -0.2) is 87.9 Å². The van der Waals surface area contributed by atoms with E-state index in [0.717, 1.165) is 69.9 Å². The van der Waals surface area contributed by atoms with E-state index in [4.69, 9.17) is 4.74 Å². The molecule has 0 saturated carbocycles. The Morgan fingerprint density at radius 2 is 1.93 bits per heavy atom. The van der Waals surface area contributed by atoms with Gasteiger partial charge < -0.3 is 19.4 Å². The third kappa shape index (κ3) is 3.86. The number of piperidine rings is 1. The van der Waals surface area contributed by atoms with Crippen molar-refractivity contribution in [3.8, 4) is 0 Å². The topological polar surface area (TPSA) is 70.9 Å². The summed E-state index contributed by atoms with van der Waals surface area (Å²) < 4.78 is 7.48. The van der Waals surface area contributed by atoms with Crippen molar-refractivity contribution in [1.82, 2.24) is 24.5 Å². The molecule has 4 rings (SSSR count). The third-order valence-corrected chi connectivity index (χ3v) is 6.82. The van der Waals surface area contributed by atoms with Crippen molar-refractivity contribution in [2.45, 2.75) is 64.1 Å². The summed E-state index contributed by atoms with van der Waals surface area (Å²) in [6.45, 7) is 8.29. The zero-order valence-corrected chi connectivity index (χ0v) is 17.9. The summed E-state index contributed by atoms with van der Waals surface area (Å²) in [5.74, 6) is 0.182. The number of hydrogen-bond donors (Lipinski definition) is 0. The fourth-order valence-corrected chi connectivity index (χ4v) is 5.30. The van der Waals surface area contributed by atoms with Gasteiger partial charge >= 0.3 is 6.03 Å².